The zero-order chi connectivity index (χ0) is 14.1. The van der Waals surface area contributed by atoms with Gasteiger partial charge in [-0.25, -0.2) is 24.7 Å². The van der Waals surface area contributed by atoms with Crippen LogP contribution in [0.3, 0.4) is 0 Å². The quantitative estimate of drug-likeness (QED) is 0.530. The summed E-state index contributed by atoms with van der Waals surface area (Å²) in [5.74, 6) is 5.76. The van der Waals surface area contributed by atoms with Gasteiger partial charge < -0.3 is 5.43 Å². The molecular weight excluding hydrogens is 282 g/mol. The maximum atomic E-state index is 12.1. The highest BCUT2D eigenvalue weighted by atomic mass is 35.5. The average Bonchev–Trinajstić information content (AvgIpc) is 2.78. The second-order valence-corrected chi connectivity index (χ2v) is 4.42. The van der Waals surface area contributed by atoms with Crippen LogP contribution >= 0.6 is 11.6 Å². The molecule has 0 aliphatic carbocycles. The van der Waals surface area contributed by atoms with E-state index in [1.807, 2.05) is 0 Å². The molecule has 3 heterocycles. The molecule has 0 spiro atoms. The van der Waals surface area contributed by atoms with Crippen molar-refractivity contribution in [2.24, 2.45) is 5.84 Å². The first kappa shape index (κ1) is 12.6. The molecule has 8 nitrogen and oxygen atoms in total. The van der Waals surface area contributed by atoms with Crippen LogP contribution in [-0.2, 0) is 6.54 Å². The van der Waals surface area contributed by atoms with Gasteiger partial charge in [-0.1, -0.05) is 11.6 Å². The van der Waals surface area contributed by atoms with Crippen molar-refractivity contribution in [1.82, 2.24) is 24.1 Å². The van der Waals surface area contributed by atoms with Crippen LogP contribution < -0.4 is 17.0 Å². The zero-order valence-electron chi connectivity index (χ0n) is 10.2. The molecule has 3 rings (SSSR count). The van der Waals surface area contributed by atoms with Crippen molar-refractivity contribution >= 4 is 23.1 Å². The predicted molar refractivity (Wildman–Crippen MR) is 73.4 cm³/mol. The summed E-state index contributed by atoms with van der Waals surface area (Å²) in [6.45, 7) is 0.148. The fraction of sp³-hybridized carbons (Fsp3) is 0.0909. The van der Waals surface area contributed by atoms with Crippen LogP contribution in [0.4, 0.5) is 5.82 Å². The van der Waals surface area contributed by atoms with E-state index in [2.05, 4.69) is 20.5 Å². The number of nitrogen functional groups attached to an aromatic ring is 1. The van der Waals surface area contributed by atoms with E-state index in [1.54, 1.807) is 18.3 Å². The van der Waals surface area contributed by atoms with Crippen molar-refractivity contribution in [3.63, 3.8) is 0 Å². The third-order valence-electron chi connectivity index (χ3n) is 2.75. The van der Waals surface area contributed by atoms with Gasteiger partial charge in [0, 0.05) is 12.4 Å². The Labute approximate surface area is 117 Å². The molecule has 3 N–H and O–H groups in total. The van der Waals surface area contributed by atoms with Crippen molar-refractivity contribution in [1.29, 1.82) is 0 Å². The molecule has 3 aromatic heterocycles. The summed E-state index contributed by atoms with van der Waals surface area (Å²) < 4.78 is 2.66. The highest BCUT2D eigenvalue weighted by Crippen LogP contribution is 2.16. The Morgan fingerprint density at radius 3 is 3.00 bits per heavy atom. The number of pyridine rings is 1. The number of nitrogens with zero attached hydrogens (tertiary/aromatic N) is 5. The number of nitrogens with one attached hydrogen (secondary N) is 1. The summed E-state index contributed by atoms with van der Waals surface area (Å²) in [7, 11) is 0. The second-order valence-electron chi connectivity index (χ2n) is 4.01. The number of halogens is 1. The summed E-state index contributed by atoms with van der Waals surface area (Å²) in [6, 6.07) is 3.30. The second kappa shape index (κ2) is 4.91. The standard InChI is InChI=1S/C11H10ClN7O/c12-7-1-2-9(16-13)15-8(7)6-19-11(20)18-4-3-14-5-10(18)17-19/h1-5H,6,13H2,(H,15,16). The van der Waals surface area contributed by atoms with E-state index in [0.717, 1.165) is 0 Å². The van der Waals surface area contributed by atoms with E-state index in [1.165, 1.54) is 21.5 Å². The smallest absolute Gasteiger partial charge is 0.308 e. The number of nitrogens with two attached hydrogens (primary N) is 1. The third kappa shape index (κ3) is 2.10. The van der Waals surface area contributed by atoms with Crippen molar-refractivity contribution in [3.8, 4) is 0 Å². The van der Waals surface area contributed by atoms with E-state index in [0.29, 0.717) is 22.2 Å². The number of aromatic nitrogens is 5. The zero-order valence-corrected chi connectivity index (χ0v) is 10.9. The van der Waals surface area contributed by atoms with Crippen LogP contribution in [0, 0.1) is 0 Å². The summed E-state index contributed by atoms with van der Waals surface area (Å²) in [4.78, 5) is 20.2. The van der Waals surface area contributed by atoms with E-state index in [4.69, 9.17) is 17.4 Å². The molecule has 20 heavy (non-hydrogen) atoms. The van der Waals surface area contributed by atoms with Crippen LogP contribution in [0.1, 0.15) is 5.69 Å². The monoisotopic (exact) mass is 291 g/mol. The van der Waals surface area contributed by atoms with E-state index in [9.17, 15) is 4.79 Å². The summed E-state index contributed by atoms with van der Waals surface area (Å²) >= 11 is 6.06. The van der Waals surface area contributed by atoms with Crippen molar-refractivity contribution < 1.29 is 0 Å². The Hall–Kier alpha value is -2.45. The number of hydrogen-bond donors (Lipinski definition) is 2. The summed E-state index contributed by atoms with van der Waals surface area (Å²) in [5, 5.41) is 4.59. The first-order valence-corrected chi connectivity index (χ1v) is 6.08. The fourth-order valence-electron chi connectivity index (χ4n) is 1.80. The van der Waals surface area contributed by atoms with Gasteiger partial charge in [0.05, 0.1) is 23.5 Å². The molecule has 0 amide bonds. The lowest BCUT2D eigenvalue weighted by molar-refractivity contribution is 0.647. The summed E-state index contributed by atoms with van der Waals surface area (Å²) in [6.07, 6.45) is 4.57. The molecule has 0 aliphatic rings. The number of fused-ring (bicyclic) bond motifs is 1. The maximum absolute atomic E-state index is 12.1. The van der Waals surface area contributed by atoms with Crippen molar-refractivity contribution in [3.05, 3.63) is 51.9 Å². The lowest BCUT2D eigenvalue weighted by Crippen LogP contribution is -2.22. The van der Waals surface area contributed by atoms with Gasteiger partial charge in [-0.2, -0.15) is 0 Å². The lowest BCUT2D eigenvalue weighted by atomic mass is 10.3. The Morgan fingerprint density at radius 1 is 1.40 bits per heavy atom. The number of hydrazine groups is 1. The molecule has 0 saturated carbocycles. The molecule has 9 heteroatoms. The van der Waals surface area contributed by atoms with Crippen molar-refractivity contribution in [2.75, 3.05) is 5.43 Å². The molecule has 0 atom stereocenters. The van der Waals surface area contributed by atoms with Crippen LogP contribution in [0.2, 0.25) is 5.02 Å². The number of anilines is 1. The highest BCUT2D eigenvalue weighted by molar-refractivity contribution is 6.31. The number of hydrogen-bond acceptors (Lipinski definition) is 6. The minimum absolute atomic E-state index is 0.148. The normalized spacial score (nSPS) is 10.9. The van der Waals surface area contributed by atoms with Gasteiger partial charge in [0.1, 0.15) is 5.82 Å². The first-order valence-electron chi connectivity index (χ1n) is 5.70. The van der Waals surface area contributed by atoms with Gasteiger partial charge in [0.15, 0.2) is 5.65 Å². The van der Waals surface area contributed by atoms with Crippen LogP contribution in [0.25, 0.3) is 5.65 Å². The van der Waals surface area contributed by atoms with E-state index >= 15 is 0 Å². The largest absolute Gasteiger partial charge is 0.350 e. The molecule has 102 valence electrons. The number of rotatable bonds is 3. The minimum Gasteiger partial charge on any atom is -0.308 e. The van der Waals surface area contributed by atoms with Crippen LogP contribution in [0.5, 0.6) is 0 Å². The molecule has 0 saturated heterocycles. The molecule has 0 bridgehead atoms. The van der Waals surface area contributed by atoms with Gasteiger partial charge >= 0.3 is 5.69 Å². The molecule has 3 aromatic rings. The van der Waals surface area contributed by atoms with Gasteiger partial charge in [-0.15, -0.1) is 5.10 Å². The Balaban J connectivity index is 2.05. The Kier molecular flexibility index (Phi) is 3.09. The topological polar surface area (TPSA) is 103 Å². The van der Waals surface area contributed by atoms with Gasteiger partial charge in [0.2, 0.25) is 0 Å². The van der Waals surface area contributed by atoms with E-state index < -0.39 is 0 Å². The fourth-order valence-corrected chi connectivity index (χ4v) is 1.97. The molecule has 0 unspecified atom stereocenters. The van der Waals surface area contributed by atoms with E-state index in [-0.39, 0.29) is 12.2 Å². The molecule has 0 aliphatic heterocycles. The average molecular weight is 292 g/mol. The molecular formula is C11H10ClN7O. The minimum atomic E-state index is -0.286. The highest BCUT2D eigenvalue weighted by Gasteiger charge is 2.10. The first-order chi connectivity index (χ1) is 9.69. The molecule has 0 aromatic carbocycles. The van der Waals surface area contributed by atoms with Crippen LogP contribution in [0.15, 0.2) is 35.5 Å². The molecule has 0 radical (unpaired) electrons. The predicted octanol–water partition coefficient (Wildman–Crippen LogP) is 0.273. The third-order valence-corrected chi connectivity index (χ3v) is 3.10. The Morgan fingerprint density at radius 2 is 2.25 bits per heavy atom. The van der Waals surface area contributed by atoms with Crippen LogP contribution in [-0.4, -0.2) is 24.1 Å². The van der Waals surface area contributed by atoms with Gasteiger partial charge in [0.25, 0.3) is 0 Å². The Bertz CT molecular complexity index is 825. The van der Waals surface area contributed by atoms with Gasteiger partial charge in [-0.3, -0.25) is 4.98 Å². The lowest BCUT2D eigenvalue weighted by Gasteiger charge is -2.05. The summed E-state index contributed by atoms with van der Waals surface area (Å²) in [5.41, 5.74) is 3.10. The molecule has 0 fully saturated rings. The SMILES string of the molecule is NNc1ccc(Cl)c(Cn2nc3cnccn3c2=O)n1. The van der Waals surface area contributed by atoms with Gasteiger partial charge in [-0.05, 0) is 12.1 Å². The maximum Gasteiger partial charge on any atom is 0.350 e. The van der Waals surface area contributed by atoms with Crippen molar-refractivity contribution in [2.45, 2.75) is 6.54 Å².